The van der Waals surface area contributed by atoms with Crippen LogP contribution in [-0.4, -0.2) is 58.4 Å². The Labute approximate surface area is 205 Å². The van der Waals surface area contributed by atoms with Gasteiger partial charge in [0.25, 0.3) is 0 Å². The number of anilines is 1. The van der Waals surface area contributed by atoms with Crippen molar-refractivity contribution in [1.29, 1.82) is 0 Å². The van der Waals surface area contributed by atoms with Crippen LogP contribution in [0.15, 0.2) is 42.5 Å². The molecular weight excluding hydrogens is 444 g/mol. The fraction of sp³-hybridized carbons (Fsp3) is 0.444. The zero-order valence-corrected chi connectivity index (χ0v) is 20.3. The largest absolute Gasteiger partial charge is 0.481 e. The molecule has 8 heteroatoms. The number of carboxylic acids is 1. The SMILES string of the molecule is COC(=O)N1CCc2ccc3c(nc(N4CCC[C@H](C(=O)O)C4)n3[C@@H](C)Cc3ccccc3)c2C1. The number of hydrogen-bond acceptors (Lipinski definition) is 5. The van der Waals surface area contributed by atoms with Crippen molar-refractivity contribution in [3.63, 3.8) is 0 Å². The van der Waals surface area contributed by atoms with Gasteiger partial charge >= 0.3 is 12.1 Å². The number of aliphatic carboxylic acids is 1. The van der Waals surface area contributed by atoms with Crippen LogP contribution in [0.1, 0.15) is 42.5 Å². The topological polar surface area (TPSA) is 87.9 Å². The minimum absolute atomic E-state index is 0.112. The van der Waals surface area contributed by atoms with E-state index in [1.54, 1.807) is 4.90 Å². The molecule has 2 aromatic carbocycles. The summed E-state index contributed by atoms with van der Waals surface area (Å²) in [7, 11) is 1.41. The Bertz CT molecular complexity index is 1240. The Balaban J connectivity index is 1.60. The van der Waals surface area contributed by atoms with Crippen molar-refractivity contribution in [1.82, 2.24) is 14.5 Å². The van der Waals surface area contributed by atoms with Crippen LogP contribution in [0.5, 0.6) is 0 Å². The Hall–Kier alpha value is -3.55. The lowest BCUT2D eigenvalue weighted by Gasteiger charge is -2.33. The zero-order chi connectivity index (χ0) is 24.5. The maximum absolute atomic E-state index is 12.3. The number of benzene rings is 2. The maximum atomic E-state index is 12.3. The van der Waals surface area contributed by atoms with Gasteiger partial charge in [0.1, 0.15) is 0 Å². The van der Waals surface area contributed by atoms with E-state index in [4.69, 9.17) is 9.72 Å². The number of carboxylic acid groups (broad SMARTS) is 1. The molecule has 0 spiro atoms. The van der Waals surface area contributed by atoms with Crippen LogP contribution >= 0.6 is 0 Å². The number of nitrogens with zero attached hydrogens (tertiary/aromatic N) is 4. The zero-order valence-electron chi connectivity index (χ0n) is 20.3. The fourth-order valence-corrected chi connectivity index (χ4v) is 5.53. The molecule has 2 atom stereocenters. The summed E-state index contributed by atoms with van der Waals surface area (Å²) >= 11 is 0. The Kier molecular flexibility index (Phi) is 6.36. The first-order valence-electron chi connectivity index (χ1n) is 12.3. The molecule has 1 amide bonds. The second-order valence-corrected chi connectivity index (χ2v) is 9.66. The Morgan fingerprint density at radius 1 is 1.17 bits per heavy atom. The molecule has 2 aliphatic heterocycles. The third-order valence-corrected chi connectivity index (χ3v) is 7.35. The van der Waals surface area contributed by atoms with Crippen LogP contribution in [0.4, 0.5) is 10.7 Å². The van der Waals surface area contributed by atoms with Gasteiger partial charge in [-0.3, -0.25) is 4.79 Å². The van der Waals surface area contributed by atoms with Crippen molar-refractivity contribution in [2.45, 2.75) is 45.2 Å². The molecule has 1 fully saturated rings. The molecule has 0 aliphatic carbocycles. The summed E-state index contributed by atoms with van der Waals surface area (Å²) in [6, 6.07) is 14.8. The fourth-order valence-electron chi connectivity index (χ4n) is 5.53. The van der Waals surface area contributed by atoms with Gasteiger partial charge in [-0.1, -0.05) is 36.4 Å². The van der Waals surface area contributed by atoms with Crippen LogP contribution < -0.4 is 4.90 Å². The summed E-state index contributed by atoms with van der Waals surface area (Å²) in [6.45, 7) is 4.50. The van der Waals surface area contributed by atoms with Gasteiger partial charge in [-0.05, 0) is 49.8 Å². The number of ether oxygens (including phenoxy) is 1. The number of hydrogen-bond donors (Lipinski definition) is 1. The van der Waals surface area contributed by atoms with E-state index in [-0.39, 0.29) is 12.1 Å². The smallest absolute Gasteiger partial charge is 0.409 e. The average Bonchev–Trinajstić information content (AvgIpc) is 3.29. The van der Waals surface area contributed by atoms with E-state index in [2.05, 4.69) is 52.8 Å². The van der Waals surface area contributed by atoms with Crippen LogP contribution in [0.2, 0.25) is 0 Å². The summed E-state index contributed by atoms with van der Waals surface area (Å²) < 4.78 is 7.25. The molecule has 8 nitrogen and oxygen atoms in total. The molecule has 0 unspecified atom stereocenters. The van der Waals surface area contributed by atoms with Crippen molar-refractivity contribution in [3.05, 3.63) is 59.2 Å². The van der Waals surface area contributed by atoms with Gasteiger partial charge in [0.05, 0.1) is 30.6 Å². The van der Waals surface area contributed by atoms with Gasteiger partial charge in [0, 0.05) is 31.2 Å². The summed E-state index contributed by atoms with van der Waals surface area (Å²) in [6.07, 6.45) is 2.77. The van der Waals surface area contributed by atoms with Gasteiger partial charge in [-0.15, -0.1) is 0 Å². The second kappa shape index (κ2) is 9.60. The van der Waals surface area contributed by atoms with Crippen molar-refractivity contribution in [3.8, 4) is 0 Å². The van der Waals surface area contributed by atoms with Crippen LogP contribution in [0.25, 0.3) is 11.0 Å². The number of imidazole rings is 1. The van der Waals surface area contributed by atoms with E-state index < -0.39 is 11.9 Å². The predicted molar refractivity (Wildman–Crippen MR) is 134 cm³/mol. The van der Waals surface area contributed by atoms with Crippen molar-refractivity contribution >= 4 is 29.0 Å². The second-order valence-electron chi connectivity index (χ2n) is 9.66. The monoisotopic (exact) mass is 476 g/mol. The van der Waals surface area contributed by atoms with E-state index in [1.165, 1.54) is 18.2 Å². The highest BCUT2D eigenvalue weighted by Gasteiger charge is 2.31. The third-order valence-electron chi connectivity index (χ3n) is 7.35. The summed E-state index contributed by atoms with van der Waals surface area (Å²) in [4.78, 5) is 33.0. The minimum atomic E-state index is -0.749. The van der Waals surface area contributed by atoms with Crippen molar-refractivity contribution < 1.29 is 19.4 Å². The first kappa shape index (κ1) is 23.2. The molecule has 5 rings (SSSR count). The van der Waals surface area contributed by atoms with E-state index in [0.717, 1.165) is 48.4 Å². The molecule has 0 saturated carbocycles. The highest BCUT2D eigenvalue weighted by atomic mass is 16.5. The number of aromatic nitrogens is 2. The third kappa shape index (κ3) is 4.45. The minimum Gasteiger partial charge on any atom is -0.481 e. The van der Waals surface area contributed by atoms with E-state index in [9.17, 15) is 14.7 Å². The van der Waals surface area contributed by atoms with Crippen LogP contribution in [0, 0.1) is 5.92 Å². The molecule has 1 aromatic heterocycles. The van der Waals surface area contributed by atoms with Crippen LogP contribution in [0.3, 0.4) is 0 Å². The first-order valence-corrected chi connectivity index (χ1v) is 12.3. The number of fused-ring (bicyclic) bond motifs is 3. The van der Waals surface area contributed by atoms with Gasteiger partial charge in [0.15, 0.2) is 0 Å². The molecule has 3 aromatic rings. The number of rotatable bonds is 5. The van der Waals surface area contributed by atoms with Crippen molar-refractivity contribution in [2.75, 3.05) is 31.6 Å². The quantitative estimate of drug-likeness (QED) is 0.592. The summed E-state index contributed by atoms with van der Waals surface area (Å²) in [5.41, 5.74) is 5.41. The normalized spacial score (nSPS) is 18.9. The lowest BCUT2D eigenvalue weighted by Crippen LogP contribution is -2.40. The molecule has 0 bridgehead atoms. The number of amides is 1. The standard InChI is InChI=1S/C27H32N4O4/c1-18(15-19-7-4-3-5-8-19)31-23-11-10-20-12-14-30(27(34)35-2)17-22(20)24(23)28-26(31)29-13-6-9-21(16-29)25(32)33/h3-5,7-8,10-11,18,21H,6,9,12-17H2,1-2H3,(H,32,33)/t18-,21-/m0/s1. The highest BCUT2D eigenvalue weighted by molar-refractivity contribution is 5.85. The molecule has 0 radical (unpaired) electrons. The lowest BCUT2D eigenvalue weighted by atomic mass is 9.98. The molecule has 1 saturated heterocycles. The number of piperidine rings is 1. The van der Waals surface area contributed by atoms with Gasteiger partial charge in [-0.2, -0.15) is 0 Å². The average molecular weight is 477 g/mol. The van der Waals surface area contributed by atoms with Crippen molar-refractivity contribution in [2.24, 2.45) is 5.92 Å². The molecule has 35 heavy (non-hydrogen) atoms. The van der Waals surface area contributed by atoms with Gasteiger partial charge in [0.2, 0.25) is 5.95 Å². The summed E-state index contributed by atoms with van der Waals surface area (Å²) in [5.74, 6) is -0.330. The predicted octanol–water partition coefficient (Wildman–Crippen LogP) is 4.27. The van der Waals surface area contributed by atoms with Gasteiger partial charge in [-0.25, -0.2) is 9.78 Å². The van der Waals surface area contributed by atoms with Gasteiger partial charge < -0.3 is 24.2 Å². The maximum Gasteiger partial charge on any atom is 0.409 e. The highest BCUT2D eigenvalue weighted by Crippen LogP contribution is 2.35. The number of carbonyl (C=O) groups excluding carboxylic acids is 1. The molecule has 1 N–H and O–H groups in total. The van der Waals surface area contributed by atoms with E-state index >= 15 is 0 Å². The molecule has 2 aliphatic rings. The lowest BCUT2D eigenvalue weighted by molar-refractivity contribution is -0.141. The Morgan fingerprint density at radius 3 is 2.71 bits per heavy atom. The van der Waals surface area contributed by atoms with E-state index in [1.807, 2.05) is 6.07 Å². The molecule has 184 valence electrons. The first-order chi connectivity index (χ1) is 17.0. The Morgan fingerprint density at radius 2 is 1.97 bits per heavy atom. The number of methoxy groups -OCH3 is 1. The van der Waals surface area contributed by atoms with E-state index in [0.29, 0.717) is 26.1 Å². The van der Waals surface area contributed by atoms with Crippen LogP contribution in [-0.2, 0) is 28.9 Å². The molecule has 3 heterocycles. The molecular formula is C27H32N4O4. The number of carbonyl (C=O) groups is 2. The summed E-state index contributed by atoms with van der Waals surface area (Å²) in [5, 5.41) is 9.68.